The number of aryl methyl sites for hydroxylation is 1. The van der Waals surface area contributed by atoms with Crippen LogP contribution in [0.1, 0.15) is 28.6 Å². The number of halogens is 3. The van der Waals surface area contributed by atoms with Gasteiger partial charge in [-0.2, -0.15) is 18.4 Å². The first kappa shape index (κ1) is 24.7. The summed E-state index contributed by atoms with van der Waals surface area (Å²) in [6, 6.07) is 11.5. The number of nitrogens with one attached hydrogen (secondary N) is 1. The van der Waals surface area contributed by atoms with E-state index in [0.29, 0.717) is 12.0 Å². The van der Waals surface area contributed by atoms with Gasteiger partial charge in [0, 0.05) is 5.56 Å². The highest BCUT2D eigenvalue weighted by molar-refractivity contribution is 7.15. The monoisotopic (exact) mass is 488 g/mol. The van der Waals surface area contributed by atoms with Gasteiger partial charge in [-0.3, -0.25) is 10.1 Å². The van der Waals surface area contributed by atoms with E-state index in [1.54, 1.807) is 6.07 Å². The van der Waals surface area contributed by atoms with Gasteiger partial charge in [0.25, 0.3) is 5.91 Å². The zero-order valence-electron chi connectivity index (χ0n) is 18.1. The topological polar surface area (TPSA) is 97.1 Å². The van der Waals surface area contributed by atoms with E-state index in [0.717, 1.165) is 11.1 Å². The molecular formula is C23H19F3N4O3S. The normalized spacial score (nSPS) is 11.6. The number of alkyl halides is 3. The Balaban J connectivity index is 1.77. The fourth-order valence-electron chi connectivity index (χ4n) is 2.90. The van der Waals surface area contributed by atoms with Crippen LogP contribution >= 0.6 is 11.3 Å². The molecule has 0 saturated heterocycles. The molecule has 0 spiro atoms. The Kier molecular flexibility index (Phi) is 7.86. The zero-order chi connectivity index (χ0) is 24.7. The number of rotatable bonds is 8. The van der Waals surface area contributed by atoms with Crippen molar-refractivity contribution in [2.45, 2.75) is 26.1 Å². The second kappa shape index (κ2) is 10.8. The zero-order valence-corrected chi connectivity index (χ0v) is 19.0. The molecule has 1 heterocycles. The maximum Gasteiger partial charge on any atom is 0.416 e. The smallest absolute Gasteiger partial charge is 0.416 e. The number of nitriles is 1. The van der Waals surface area contributed by atoms with Crippen LogP contribution in [-0.2, 0) is 24.0 Å². The molecule has 2 aromatic carbocycles. The number of hydrogen-bond acceptors (Lipinski definition) is 7. The summed E-state index contributed by atoms with van der Waals surface area (Å²) in [5.41, 5.74) is -0.520. The molecule has 11 heteroatoms. The third-order valence-electron chi connectivity index (χ3n) is 4.56. The van der Waals surface area contributed by atoms with Crippen LogP contribution < -0.4 is 14.8 Å². The van der Waals surface area contributed by atoms with Gasteiger partial charge in [-0.25, -0.2) is 0 Å². The lowest BCUT2D eigenvalue weighted by molar-refractivity contribution is -0.138. The van der Waals surface area contributed by atoms with Gasteiger partial charge in [-0.05, 0) is 36.3 Å². The number of benzene rings is 2. The summed E-state index contributed by atoms with van der Waals surface area (Å²) in [4.78, 5) is 12.4. The molecule has 0 atom stereocenters. The van der Waals surface area contributed by atoms with E-state index < -0.39 is 17.6 Å². The molecule has 3 rings (SSSR count). The van der Waals surface area contributed by atoms with Crippen molar-refractivity contribution in [3.8, 4) is 17.6 Å². The van der Waals surface area contributed by atoms with Crippen LogP contribution in [0, 0.1) is 11.3 Å². The minimum atomic E-state index is -4.50. The van der Waals surface area contributed by atoms with Gasteiger partial charge < -0.3 is 9.47 Å². The molecule has 0 saturated carbocycles. The Hall–Kier alpha value is -3.91. The van der Waals surface area contributed by atoms with E-state index in [9.17, 15) is 23.2 Å². The predicted molar refractivity (Wildman–Crippen MR) is 120 cm³/mol. The Morgan fingerprint density at radius 2 is 1.97 bits per heavy atom. The lowest BCUT2D eigenvalue weighted by Crippen LogP contribution is -2.13. The van der Waals surface area contributed by atoms with E-state index in [1.165, 1.54) is 54.9 Å². The first-order valence-electron chi connectivity index (χ1n) is 9.96. The molecule has 1 N–H and O–H groups in total. The van der Waals surface area contributed by atoms with Crippen molar-refractivity contribution in [2.75, 3.05) is 12.4 Å². The average molecular weight is 488 g/mol. The van der Waals surface area contributed by atoms with Crippen LogP contribution in [0.4, 0.5) is 18.3 Å². The quantitative estimate of drug-likeness (QED) is 0.344. The van der Waals surface area contributed by atoms with E-state index in [2.05, 4.69) is 15.5 Å². The van der Waals surface area contributed by atoms with Gasteiger partial charge in [-0.15, -0.1) is 10.2 Å². The minimum Gasteiger partial charge on any atom is -0.493 e. The van der Waals surface area contributed by atoms with Crippen LogP contribution in [0.2, 0.25) is 0 Å². The summed E-state index contributed by atoms with van der Waals surface area (Å²) in [7, 11) is 1.37. The molecule has 1 aromatic heterocycles. The summed E-state index contributed by atoms with van der Waals surface area (Å²) in [6.07, 6.45) is -2.48. The second-order valence-electron chi connectivity index (χ2n) is 6.83. The standard InChI is InChI=1S/C23H19F3N4O3S/c1-3-20-29-30-22(34-20)28-21(31)16(12-27)10-14-8-9-18(19(11-14)32-2)33-13-15-6-4-5-7-17(15)23(24,25)26/h4-11H,3,13H2,1-2H3,(H,28,30,31). The molecule has 3 aromatic rings. The minimum absolute atomic E-state index is 0.0210. The Labute approximate surface area is 197 Å². The van der Waals surface area contributed by atoms with E-state index in [1.807, 2.05) is 13.0 Å². The molecule has 0 fully saturated rings. The summed E-state index contributed by atoms with van der Waals surface area (Å²) < 4.78 is 50.4. The number of aromatic nitrogens is 2. The average Bonchev–Trinajstić information content (AvgIpc) is 3.28. The first-order valence-corrected chi connectivity index (χ1v) is 10.8. The van der Waals surface area contributed by atoms with E-state index >= 15 is 0 Å². The molecule has 176 valence electrons. The number of nitrogens with zero attached hydrogens (tertiary/aromatic N) is 3. The van der Waals surface area contributed by atoms with Crippen molar-refractivity contribution in [2.24, 2.45) is 0 Å². The van der Waals surface area contributed by atoms with E-state index in [4.69, 9.17) is 9.47 Å². The summed E-state index contributed by atoms with van der Waals surface area (Å²) in [6.45, 7) is 1.58. The number of amides is 1. The lowest BCUT2D eigenvalue weighted by atomic mass is 10.1. The summed E-state index contributed by atoms with van der Waals surface area (Å²) >= 11 is 1.21. The first-order chi connectivity index (χ1) is 16.2. The number of carbonyl (C=O) groups is 1. The predicted octanol–water partition coefficient (Wildman–Crippen LogP) is 5.25. The van der Waals surface area contributed by atoms with Crippen LogP contribution in [-0.4, -0.2) is 23.2 Å². The SMILES string of the molecule is CCc1nnc(NC(=O)C(C#N)=Cc2ccc(OCc3ccccc3C(F)(F)F)c(OC)c2)s1. The molecule has 0 radical (unpaired) electrons. The van der Waals surface area contributed by atoms with Crippen LogP contribution in [0.5, 0.6) is 11.5 Å². The van der Waals surface area contributed by atoms with Gasteiger partial charge in [0.1, 0.15) is 23.3 Å². The maximum absolute atomic E-state index is 13.2. The lowest BCUT2D eigenvalue weighted by Gasteiger charge is -2.15. The molecule has 0 aliphatic heterocycles. The molecule has 34 heavy (non-hydrogen) atoms. The Morgan fingerprint density at radius 3 is 2.62 bits per heavy atom. The highest BCUT2D eigenvalue weighted by atomic mass is 32.1. The van der Waals surface area contributed by atoms with Crippen molar-refractivity contribution in [3.05, 3.63) is 69.7 Å². The number of ether oxygens (including phenoxy) is 2. The summed E-state index contributed by atoms with van der Waals surface area (Å²) in [5.74, 6) is -0.211. The number of carbonyl (C=O) groups excluding carboxylic acids is 1. The van der Waals surface area contributed by atoms with Crippen LogP contribution in [0.3, 0.4) is 0 Å². The van der Waals surface area contributed by atoms with Gasteiger partial charge in [0.05, 0.1) is 12.7 Å². The largest absolute Gasteiger partial charge is 0.493 e. The number of methoxy groups -OCH3 is 1. The Morgan fingerprint density at radius 1 is 1.21 bits per heavy atom. The van der Waals surface area contributed by atoms with Crippen molar-refractivity contribution in [1.29, 1.82) is 5.26 Å². The van der Waals surface area contributed by atoms with Crippen molar-refractivity contribution >= 4 is 28.5 Å². The van der Waals surface area contributed by atoms with Crippen molar-refractivity contribution in [1.82, 2.24) is 10.2 Å². The molecule has 0 aliphatic rings. The highest BCUT2D eigenvalue weighted by Gasteiger charge is 2.33. The van der Waals surface area contributed by atoms with Gasteiger partial charge in [0.15, 0.2) is 11.5 Å². The third kappa shape index (κ3) is 6.11. The second-order valence-corrected chi connectivity index (χ2v) is 7.89. The van der Waals surface area contributed by atoms with Gasteiger partial charge in [0.2, 0.25) is 5.13 Å². The highest BCUT2D eigenvalue weighted by Crippen LogP contribution is 2.34. The molecule has 0 bridgehead atoms. The molecular weight excluding hydrogens is 469 g/mol. The maximum atomic E-state index is 13.2. The van der Waals surface area contributed by atoms with Crippen molar-refractivity contribution < 1.29 is 27.4 Å². The van der Waals surface area contributed by atoms with Crippen molar-refractivity contribution in [3.63, 3.8) is 0 Å². The number of hydrogen-bond donors (Lipinski definition) is 1. The fraction of sp³-hybridized carbons (Fsp3) is 0.217. The summed E-state index contributed by atoms with van der Waals surface area (Å²) in [5, 5.41) is 20.7. The van der Waals surface area contributed by atoms with Crippen LogP contribution in [0.25, 0.3) is 6.08 Å². The molecule has 0 aliphatic carbocycles. The third-order valence-corrected chi connectivity index (χ3v) is 5.54. The molecule has 7 nitrogen and oxygen atoms in total. The number of anilines is 1. The molecule has 0 unspecified atom stereocenters. The van der Waals surface area contributed by atoms with E-state index in [-0.39, 0.29) is 34.4 Å². The fourth-order valence-corrected chi connectivity index (χ4v) is 3.57. The molecule has 1 amide bonds. The Bertz CT molecular complexity index is 1250. The van der Waals surface area contributed by atoms with Gasteiger partial charge >= 0.3 is 6.18 Å². The van der Waals surface area contributed by atoms with Gasteiger partial charge in [-0.1, -0.05) is 42.5 Å². The van der Waals surface area contributed by atoms with Crippen LogP contribution in [0.15, 0.2) is 48.0 Å².